The van der Waals surface area contributed by atoms with Crippen LogP contribution in [0.25, 0.3) is 0 Å². The van der Waals surface area contributed by atoms with E-state index in [1.54, 1.807) is 0 Å². The topological polar surface area (TPSA) is 65.0 Å². The zero-order valence-corrected chi connectivity index (χ0v) is 15.8. The number of anilines is 1. The normalized spacial score (nSPS) is 18.6. The van der Waals surface area contributed by atoms with Crippen LogP contribution in [0.5, 0.6) is 0 Å². The Bertz CT molecular complexity index is 683. The Hall–Kier alpha value is -2.12. The lowest BCUT2D eigenvalue weighted by Gasteiger charge is -2.31. The number of hydrogen-bond acceptors (Lipinski definition) is 5. The number of aliphatic imine (C=N–C) groups is 1. The Morgan fingerprint density at radius 3 is 2.48 bits per heavy atom. The highest BCUT2D eigenvalue weighted by Gasteiger charge is 2.38. The molecule has 1 N–H and O–H groups in total. The summed E-state index contributed by atoms with van der Waals surface area (Å²) < 4.78 is 0. The first kappa shape index (κ1) is 19.2. The molecular formula is C18H24N4O2S. The lowest BCUT2D eigenvalue weighted by atomic mass is 10.0. The van der Waals surface area contributed by atoms with E-state index in [2.05, 4.69) is 24.2 Å². The van der Waals surface area contributed by atoms with Crippen LogP contribution in [0.2, 0.25) is 0 Å². The summed E-state index contributed by atoms with van der Waals surface area (Å²) >= 11 is 5.19. The molecule has 25 heavy (non-hydrogen) atoms. The smallest absolute Gasteiger partial charge is 0.251 e. The van der Waals surface area contributed by atoms with Gasteiger partial charge >= 0.3 is 0 Å². The van der Waals surface area contributed by atoms with Crippen LogP contribution in [0, 0.1) is 5.92 Å². The molecule has 7 heteroatoms. The number of thiocarbonyl (C=S) groups is 1. The molecule has 0 saturated carbocycles. The number of benzene rings is 1. The van der Waals surface area contributed by atoms with Gasteiger partial charge < -0.3 is 10.2 Å². The van der Waals surface area contributed by atoms with Crippen molar-refractivity contribution < 1.29 is 9.59 Å². The van der Waals surface area contributed by atoms with Gasteiger partial charge in [-0.25, -0.2) is 0 Å². The molecule has 0 bridgehead atoms. The van der Waals surface area contributed by atoms with E-state index >= 15 is 0 Å². The zero-order valence-electron chi connectivity index (χ0n) is 15.0. The molecule has 0 radical (unpaired) electrons. The van der Waals surface area contributed by atoms with E-state index in [0.717, 1.165) is 6.54 Å². The molecule has 2 rings (SSSR count). The molecule has 1 aromatic carbocycles. The van der Waals surface area contributed by atoms with E-state index in [4.69, 9.17) is 12.2 Å². The summed E-state index contributed by atoms with van der Waals surface area (Å²) in [5, 5.41) is 2.69. The highest BCUT2D eigenvalue weighted by molar-refractivity contribution is 7.80. The minimum Gasteiger partial charge on any atom is -0.308 e. The lowest BCUT2D eigenvalue weighted by Crippen LogP contribution is -2.58. The zero-order chi connectivity index (χ0) is 18.6. The minimum absolute atomic E-state index is 0.102. The maximum atomic E-state index is 12.8. The van der Waals surface area contributed by atoms with Gasteiger partial charge in [0.2, 0.25) is 5.91 Å². The number of carbonyl (C=O) groups excluding carboxylic acids is 2. The molecular weight excluding hydrogens is 336 g/mol. The molecule has 1 aliphatic rings. The van der Waals surface area contributed by atoms with E-state index in [1.807, 2.05) is 43.3 Å². The van der Waals surface area contributed by atoms with Gasteiger partial charge in [0.25, 0.3) is 5.91 Å². The van der Waals surface area contributed by atoms with Crippen molar-refractivity contribution in [1.82, 2.24) is 10.2 Å². The third-order valence-electron chi connectivity index (χ3n) is 3.95. The van der Waals surface area contributed by atoms with Gasteiger partial charge in [0.05, 0.1) is 12.2 Å². The summed E-state index contributed by atoms with van der Waals surface area (Å²) in [6.07, 6.45) is 1.42. The van der Waals surface area contributed by atoms with E-state index in [0.29, 0.717) is 18.2 Å². The quantitative estimate of drug-likeness (QED) is 0.477. The molecule has 134 valence electrons. The standard InChI is InChI=1S/C18H24N4O2S/c1-12(2)13-5-7-14(8-6-13)22-17(24)15(16(23)20-18(22)25)11-19-9-10-21(3)4/h5-8,11-12,15H,9-10H2,1-4H3,(H,20,23,25)/t15-/m0/s1. The SMILES string of the molecule is CC(C)c1ccc(N2C(=O)[C@@H](C=NCCN(C)C)C(=O)NC2=S)cc1. The average Bonchev–Trinajstić information content (AvgIpc) is 2.53. The molecule has 0 aromatic heterocycles. The molecule has 1 atom stereocenters. The van der Waals surface area contributed by atoms with Gasteiger partial charge in [-0.15, -0.1) is 0 Å². The lowest BCUT2D eigenvalue weighted by molar-refractivity contribution is -0.130. The Morgan fingerprint density at radius 1 is 1.28 bits per heavy atom. The fraction of sp³-hybridized carbons (Fsp3) is 0.444. The second-order valence-electron chi connectivity index (χ2n) is 6.55. The number of rotatable bonds is 6. The molecule has 1 fully saturated rings. The van der Waals surface area contributed by atoms with Crippen LogP contribution in [0.15, 0.2) is 29.3 Å². The van der Waals surface area contributed by atoms with E-state index in [9.17, 15) is 9.59 Å². The number of amides is 2. The van der Waals surface area contributed by atoms with Gasteiger partial charge in [0, 0.05) is 12.8 Å². The highest BCUT2D eigenvalue weighted by Crippen LogP contribution is 2.23. The monoisotopic (exact) mass is 360 g/mol. The van der Waals surface area contributed by atoms with Crippen molar-refractivity contribution in [3.05, 3.63) is 29.8 Å². The molecule has 0 unspecified atom stereocenters. The average molecular weight is 360 g/mol. The van der Waals surface area contributed by atoms with Crippen LogP contribution in [0.1, 0.15) is 25.3 Å². The van der Waals surface area contributed by atoms with Gasteiger partial charge in [-0.05, 0) is 49.9 Å². The summed E-state index contributed by atoms with van der Waals surface area (Å²) in [4.78, 5) is 32.4. The van der Waals surface area contributed by atoms with Gasteiger partial charge in [-0.3, -0.25) is 19.5 Å². The van der Waals surface area contributed by atoms with Crippen molar-refractivity contribution in [2.24, 2.45) is 10.9 Å². The minimum atomic E-state index is -0.960. The molecule has 0 aliphatic carbocycles. The van der Waals surface area contributed by atoms with Crippen molar-refractivity contribution in [1.29, 1.82) is 0 Å². The molecule has 0 spiro atoms. The van der Waals surface area contributed by atoms with E-state index in [1.165, 1.54) is 16.7 Å². The number of hydrogen-bond donors (Lipinski definition) is 1. The third-order valence-corrected chi connectivity index (χ3v) is 4.24. The highest BCUT2D eigenvalue weighted by atomic mass is 32.1. The molecule has 1 saturated heterocycles. The van der Waals surface area contributed by atoms with Crippen LogP contribution < -0.4 is 10.2 Å². The summed E-state index contributed by atoms with van der Waals surface area (Å²) in [6.45, 7) is 5.48. The molecule has 6 nitrogen and oxygen atoms in total. The van der Waals surface area contributed by atoms with Crippen molar-refractivity contribution in [3.63, 3.8) is 0 Å². The Balaban J connectivity index is 2.19. The number of nitrogens with one attached hydrogen (secondary N) is 1. The summed E-state index contributed by atoms with van der Waals surface area (Å²) in [5.74, 6) is -1.37. The van der Waals surface area contributed by atoms with Crippen molar-refractivity contribution >= 4 is 41.0 Å². The van der Waals surface area contributed by atoms with Gasteiger partial charge in [-0.1, -0.05) is 26.0 Å². The maximum absolute atomic E-state index is 12.8. The molecule has 2 amide bonds. The molecule has 1 aromatic rings. The van der Waals surface area contributed by atoms with Gasteiger partial charge in [0.15, 0.2) is 11.0 Å². The van der Waals surface area contributed by atoms with E-state index < -0.39 is 11.8 Å². The largest absolute Gasteiger partial charge is 0.308 e. The second-order valence-corrected chi connectivity index (χ2v) is 6.94. The fourth-order valence-electron chi connectivity index (χ4n) is 2.41. The maximum Gasteiger partial charge on any atom is 0.251 e. The van der Waals surface area contributed by atoms with Gasteiger partial charge in [-0.2, -0.15) is 0 Å². The van der Waals surface area contributed by atoms with E-state index in [-0.39, 0.29) is 11.0 Å². The number of nitrogens with zero attached hydrogens (tertiary/aromatic N) is 3. The predicted molar refractivity (Wildman–Crippen MR) is 104 cm³/mol. The summed E-state index contributed by atoms with van der Waals surface area (Å²) in [5.41, 5.74) is 1.82. The van der Waals surface area contributed by atoms with Crippen LogP contribution in [-0.2, 0) is 9.59 Å². The Labute approximate surface area is 153 Å². The van der Waals surface area contributed by atoms with Crippen LogP contribution in [0.4, 0.5) is 5.69 Å². The third kappa shape index (κ3) is 4.70. The van der Waals surface area contributed by atoms with Crippen molar-refractivity contribution in [2.45, 2.75) is 19.8 Å². The van der Waals surface area contributed by atoms with Crippen LogP contribution in [-0.4, -0.2) is 55.2 Å². The first-order valence-electron chi connectivity index (χ1n) is 8.24. The molecule has 1 aliphatic heterocycles. The number of carbonyl (C=O) groups is 2. The van der Waals surface area contributed by atoms with Crippen molar-refractivity contribution in [3.8, 4) is 0 Å². The second kappa shape index (κ2) is 8.31. The first-order valence-corrected chi connectivity index (χ1v) is 8.65. The first-order chi connectivity index (χ1) is 11.8. The summed E-state index contributed by atoms with van der Waals surface area (Å²) in [7, 11) is 3.88. The van der Waals surface area contributed by atoms with Crippen LogP contribution >= 0.6 is 12.2 Å². The van der Waals surface area contributed by atoms with Crippen molar-refractivity contribution in [2.75, 3.05) is 32.1 Å². The van der Waals surface area contributed by atoms with Gasteiger partial charge in [0.1, 0.15) is 0 Å². The Morgan fingerprint density at radius 2 is 1.92 bits per heavy atom. The Kier molecular flexibility index (Phi) is 6.39. The fourth-order valence-corrected chi connectivity index (χ4v) is 2.71. The number of likely N-dealkylation sites (N-methyl/N-ethyl adjacent to an activating group) is 1. The van der Waals surface area contributed by atoms with Crippen LogP contribution in [0.3, 0.4) is 0 Å². The predicted octanol–water partition coefficient (Wildman–Crippen LogP) is 1.81. The summed E-state index contributed by atoms with van der Waals surface area (Å²) in [6, 6.07) is 7.62. The molecule has 1 heterocycles.